The second-order valence-electron chi connectivity index (χ2n) is 5.76. The van der Waals surface area contributed by atoms with Crippen LogP contribution in [0.5, 0.6) is 0 Å². The number of nitrogens with one attached hydrogen (secondary N) is 1. The molecular weight excluding hydrogens is 244 g/mol. The third kappa shape index (κ3) is 5.49. The van der Waals surface area contributed by atoms with E-state index < -0.39 is 12.0 Å². The van der Waals surface area contributed by atoms with Crippen molar-refractivity contribution in [3.05, 3.63) is 0 Å². The average molecular weight is 270 g/mol. The number of carbonyl (C=O) groups excluding carboxylic acids is 1. The summed E-state index contributed by atoms with van der Waals surface area (Å²) in [5.74, 6) is -0.549. The van der Waals surface area contributed by atoms with Gasteiger partial charge in [0.25, 0.3) is 0 Å². The third-order valence-electron chi connectivity index (χ3n) is 3.25. The van der Waals surface area contributed by atoms with E-state index in [0.29, 0.717) is 24.9 Å². The Bertz CT molecular complexity index is 314. The van der Waals surface area contributed by atoms with Gasteiger partial charge in [-0.05, 0) is 25.2 Å². The first-order chi connectivity index (χ1) is 8.95. The standard InChI is InChI=1S/C14H26N2O3/c1-4-5-6-12(13(17)18)15-14(19)16(9-10(2)3)11-7-8-11/h10-12H,4-9H2,1-3H3,(H,15,19)(H,17,18). The first-order valence-electron chi connectivity index (χ1n) is 7.25. The SMILES string of the molecule is CCCCC(NC(=O)N(CC(C)C)C1CC1)C(=O)O. The molecule has 1 aliphatic rings. The molecule has 1 unspecified atom stereocenters. The van der Waals surface area contributed by atoms with Crippen molar-refractivity contribution in [1.82, 2.24) is 10.2 Å². The summed E-state index contributed by atoms with van der Waals surface area (Å²) in [5.41, 5.74) is 0. The number of amides is 2. The Morgan fingerprint density at radius 3 is 2.42 bits per heavy atom. The van der Waals surface area contributed by atoms with Gasteiger partial charge in [0.15, 0.2) is 0 Å². The van der Waals surface area contributed by atoms with Crippen molar-refractivity contribution in [2.75, 3.05) is 6.54 Å². The molecule has 0 aromatic carbocycles. The zero-order valence-electron chi connectivity index (χ0n) is 12.2. The minimum absolute atomic E-state index is 0.222. The fourth-order valence-electron chi connectivity index (χ4n) is 2.07. The molecule has 1 aliphatic carbocycles. The molecule has 5 nitrogen and oxygen atoms in total. The van der Waals surface area contributed by atoms with Crippen LogP contribution in [0.2, 0.25) is 0 Å². The smallest absolute Gasteiger partial charge is 0.326 e. The predicted octanol–water partition coefficient (Wildman–Crippen LogP) is 2.46. The molecule has 2 amide bonds. The molecule has 0 aromatic rings. The van der Waals surface area contributed by atoms with Crippen molar-refractivity contribution in [2.24, 2.45) is 5.92 Å². The molecule has 0 aliphatic heterocycles. The van der Waals surface area contributed by atoms with Crippen LogP contribution in [0.1, 0.15) is 52.9 Å². The minimum Gasteiger partial charge on any atom is -0.480 e. The summed E-state index contributed by atoms with van der Waals surface area (Å²) in [7, 11) is 0. The van der Waals surface area contributed by atoms with Gasteiger partial charge in [0.1, 0.15) is 6.04 Å². The molecule has 0 spiro atoms. The molecule has 1 fully saturated rings. The summed E-state index contributed by atoms with van der Waals surface area (Å²) in [5, 5.41) is 11.8. The van der Waals surface area contributed by atoms with Gasteiger partial charge in [-0.3, -0.25) is 0 Å². The van der Waals surface area contributed by atoms with Gasteiger partial charge in [0.05, 0.1) is 0 Å². The van der Waals surface area contributed by atoms with E-state index in [1.165, 1.54) is 0 Å². The Hall–Kier alpha value is -1.26. The fourth-order valence-corrected chi connectivity index (χ4v) is 2.07. The lowest BCUT2D eigenvalue weighted by Gasteiger charge is -2.26. The number of carboxylic acid groups (broad SMARTS) is 1. The highest BCUT2D eigenvalue weighted by molar-refractivity contribution is 5.82. The molecule has 0 bridgehead atoms. The number of nitrogens with zero attached hydrogens (tertiary/aromatic N) is 1. The van der Waals surface area contributed by atoms with E-state index in [0.717, 1.165) is 25.7 Å². The van der Waals surface area contributed by atoms with Crippen LogP contribution in [-0.4, -0.2) is 40.6 Å². The lowest BCUT2D eigenvalue weighted by molar-refractivity contribution is -0.139. The Balaban J connectivity index is 2.54. The molecule has 19 heavy (non-hydrogen) atoms. The molecule has 2 N–H and O–H groups in total. The van der Waals surface area contributed by atoms with Gasteiger partial charge in [-0.1, -0.05) is 33.6 Å². The van der Waals surface area contributed by atoms with Crippen LogP contribution >= 0.6 is 0 Å². The highest BCUT2D eigenvalue weighted by Crippen LogP contribution is 2.27. The monoisotopic (exact) mass is 270 g/mol. The first-order valence-corrected chi connectivity index (χ1v) is 7.25. The van der Waals surface area contributed by atoms with Crippen LogP contribution in [0.25, 0.3) is 0 Å². The number of urea groups is 1. The summed E-state index contributed by atoms with van der Waals surface area (Å²) in [4.78, 5) is 25.1. The largest absolute Gasteiger partial charge is 0.480 e. The first kappa shape index (κ1) is 15.8. The molecule has 1 saturated carbocycles. The van der Waals surface area contributed by atoms with Crippen molar-refractivity contribution in [1.29, 1.82) is 0 Å². The Kier molecular flexibility index (Phi) is 6.12. The van der Waals surface area contributed by atoms with E-state index in [2.05, 4.69) is 19.2 Å². The maximum absolute atomic E-state index is 12.2. The van der Waals surface area contributed by atoms with Crippen LogP contribution in [0.15, 0.2) is 0 Å². The molecule has 110 valence electrons. The van der Waals surface area contributed by atoms with Crippen molar-refractivity contribution in [3.8, 4) is 0 Å². The fraction of sp³-hybridized carbons (Fsp3) is 0.857. The Morgan fingerprint density at radius 2 is 2.00 bits per heavy atom. The summed E-state index contributed by atoms with van der Waals surface area (Å²) in [6, 6.07) is -0.677. The van der Waals surface area contributed by atoms with Gasteiger partial charge in [-0.2, -0.15) is 0 Å². The zero-order valence-corrected chi connectivity index (χ0v) is 12.2. The van der Waals surface area contributed by atoms with Gasteiger partial charge >= 0.3 is 12.0 Å². The van der Waals surface area contributed by atoms with Gasteiger partial charge in [0.2, 0.25) is 0 Å². The van der Waals surface area contributed by atoms with Crippen LogP contribution in [-0.2, 0) is 4.79 Å². The van der Waals surface area contributed by atoms with E-state index in [4.69, 9.17) is 5.11 Å². The average Bonchev–Trinajstić information content (AvgIpc) is 3.14. The lowest BCUT2D eigenvalue weighted by Crippen LogP contribution is -2.49. The summed E-state index contributed by atoms with van der Waals surface area (Å²) < 4.78 is 0. The molecule has 0 heterocycles. The molecule has 1 rings (SSSR count). The second kappa shape index (κ2) is 7.36. The molecule has 1 atom stereocenters. The maximum atomic E-state index is 12.2. The summed E-state index contributed by atoms with van der Waals surface area (Å²) in [6.07, 6.45) is 4.31. The molecular formula is C14H26N2O3. The molecule has 0 aromatic heterocycles. The van der Waals surface area contributed by atoms with Crippen LogP contribution < -0.4 is 5.32 Å². The summed E-state index contributed by atoms with van der Waals surface area (Å²) in [6.45, 7) is 6.83. The van der Waals surface area contributed by atoms with Crippen molar-refractivity contribution in [2.45, 2.75) is 65.0 Å². The molecule has 5 heteroatoms. The number of aliphatic carboxylic acids is 1. The maximum Gasteiger partial charge on any atom is 0.326 e. The zero-order chi connectivity index (χ0) is 14.4. The van der Waals surface area contributed by atoms with Crippen LogP contribution in [0, 0.1) is 5.92 Å². The lowest BCUT2D eigenvalue weighted by atomic mass is 10.1. The number of hydrogen-bond donors (Lipinski definition) is 2. The Labute approximate surface area is 115 Å². The molecule has 0 radical (unpaired) electrons. The van der Waals surface area contributed by atoms with Gasteiger partial charge in [0, 0.05) is 12.6 Å². The van der Waals surface area contributed by atoms with Gasteiger partial charge < -0.3 is 15.3 Å². The van der Waals surface area contributed by atoms with E-state index in [1.54, 1.807) is 4.90 Å². The second-order valence-corrected chi connectivity index (χ2v) is 5.76. The van der Waals surface area contributed by atoms with Crippen molar-refractivity contribution < 1.29 is 14.7 Å². The van der Waals surface area contributed by atoms with Crippen molar-refractivity contribution >= 4 is 12.0 Å². The quantitative estimate of drug-likeness (QED) is 0.712. The van der Waals surface area contributed by atoms with Gasteiger partial charge in [-0.25, -0.2) is 9.59 Å². The Morgan fingerprint density at radius 1 is 1.37 bits per heavy atom. The van der Waals surface area contributed by atoms with E-state index in [1.807, 2.05) is 6.92 Å². The third-order valence-corrected chi connectivity index (χ3v) is 3.25. The van der Waals surface area contributed by atoms with E-state index in [9.17, 15) is 9.59 Å². The molecule has 0 saturated heterocycles. The number of carboxylic acids is 1. The number of rotatable bonds is 8. The van der Waals surface area contributed by atoms with Crippen LogP contribution in [0.3, 0.4) is 0 Å². The minimum atomic E-state index is -0.943. The van der Waals surface area contributed by atoms with Crippen LogP contribution in [0.4, 0.5) is 4.79 Å². The van der Waals surface area contributed by atoms with Gasteiger partial charge in [-0.15, -0.1) is 0 Å². The number of carbonyl (C=O) groups is 2. The highest BCUT2D eigenvalue weighted by Gasteiger charge is 2.34. The van der Waals surface area contributed by atoms with E-state index >= 15 is 0 Å². The highest BCUT2D eigenvalue weighted by atomic mass is 16.4. The topological polar surface area (TPSA) is 69.6 Å². The van der Waals surface area contributed by atoms with Crippen molar-refractivity contribution in [3.63, 3.8) is 0 Å². The summed E-state index contributed by atoms with van der Waals surface area (Å²) >= 11 is 0. The number of hydrogen-bond acceptors (Lipinski definition) is 2. The normalized spacial score (nSPS) is 16.2. The number of unbranched alkanes of at least 4 members (excludes halogenated alkanes) is 1. The predicted molar refractivity (Wildman–Crippen MR) is 74.0 cm³/mol. The van der Waals surface area contributed by atoms with E-state index in [-0.39, 0.29) is 6.03 Å².